The predicted octanol–water partition coefficient (Wildman–Crippen LogP) is 5.36. The highest BCUT2D eigenvalue weighted by Gasteiger charge is 2.48. The second-order valence-electron chi connectivity index (χ2n) is 7.10. The molecule has 0 spiro atoms. The third kappa shape index (κ3) is 3.31. The van der Waals surface area contributed by atoms with Crippen LogP contribution in [0.15, 0.2) is 58.4 Å². The van der Waals surface area contributed by atoms with Crippen molar-refractivity contribution in [2.24, 2.45) is 5.92 Å². The third-order valence-electron chi connectivity index (χ3n) is 5.60. The molecule has 0 aliphatic heterocycles. The highest BCUT2D eigenvalue weighted by atomic mass is 35.5. The summed E-state index contributed by atoms with van der Waals surface area (Å²) in [6.07, 6.45) is 3.92. The molecule has 4 rings (SSSR count). The summed E-state index contributed by atoms with van der Waals surface area (Å²) >= 11 is 3.27. The van der Waals surface area contributed by atoms with Gasteiger partial charge in [-0.15, -0.1) is 0 Å². The molecule has 0 bridgehead atoms. The number of rotatable bonds is 4. The first-order chi connectivity index (χ1) is 14.2. The number of ether oxygens (including phenoxy) is 2. The highest BCUT2D eigenvalue weighted by Crippen LogP contribution is 2.55. The molecule has 0 heterocycles. The molecule has 0 amide bonds. The molecule has 4 unspecified atom stereocenters. The van der Waals surface area contributed by atoms with Crippen molar-refractivity contribution in [3.05, 3.63) is 69.5 Å². The number of allylic oxidation sites excluding steroid dienone is 4. The van der Waals surface area contributed by atoms with E-state index < -0.39 is 28.6 Å². The average Bonchev–Trinajstić information content (AvgIpc) is 3.01. The van der Waals surface area contributed by atoms with Crippen molar-refractivity contribution in [3.63, 3.8) is 0 Å². The van der Waals surface area contributed by atoms with Crippen LogP contribution in [0.1, 0.15) is 24.0 Å². The maximum absolute atomic E-state index is 13.1. The first-order valence-electron chi connectivity index (χ1n) is 9.09. The van der Waals surface area contributed by atoms with Crippen LogP contribution in [0, 0.1) is 5.92 Å². The summed E-state index contributed by atoms with van der Waals surface area (Å²) in [5, 5.41) is 0.436. The minimum absolute atomic E-state index is 0.305. The first-order valence-corrected chi connectivity index (χ1v) is 10.5. The number of fused-ring (bicyclic) bond motifs is 3. The zero-order chi connectivity index (χ0) is 21.8. The van der Waals surface area contributed by atoms with Gasteiger partial charge in [0.05, 0.1) is 19.3 Å². The van der Waals surface area contributed by atoms with Crippen molar-refractivity contribution in [1.29, 1.82) is 0 Å². The largest absolute Gasteiger partial charge is 0.497 e. The molecule has 4 nitrogen and oxygen atoms in total. The van der Waals surface area contributed by atoms with Crippen LogP contribution >= 0.6 is 11.6 Å². The average molecular weight is 459 g/mol. The van der Waals surface area contributed by atoms with Crippen molar-refractivity contribution < 1.29 is 31.0 Å². The molecule has 0 saturated carbocycles. The fourth-order valence-corrected chi connectivity index (χ4v) is 5.16. The summed E-state index contributed by atoms with van der Waals surface area (Å²) in [5.74, 6) is 0.120. The molecule has 0 aromatic heterocycles. The van der Waals surface area contributed by atoms with Gasteiger partial charge in [-0.2, -0.15) is 13.2 Å². The van der Waals surface area contributed by atoms with Crippen LogP contribution in [0.4, 0.5) is 13.2 Å². The van der Waals surface area contributed by atoms with Gasteiger partial charge in [0.1, 0.15) is 17.6 Å². The molecule has 0 N–H and O–H groups in total. The Hall–Kier alpha value is -2.03. The van der Waals surface area contributed by atoms with E-state index in [-0.39, 0.29) is 5.92 Å². The second-order valence-corrected chi connectivity index (χ2v) is 8.61. The topological polar surface area (TPSA) is 44.8 Å². The number of hydrogen-bond donors (Lipinski definition) is 0. The molecule has 4 atom stereocenters. The summed E-state index contributed by atoms with van der Waals surface area (Å²) < 4.78 is 66.9. The molecule has 3 aliphatic rings. The standard InChI is InChI=1S/C21H18ClF3O4S/c1-10-15-8-11(27-2)4-6-13(15)18-17(10)20(29-30(26)21(23,24)25)16-9-12(28-3)5-7-14(16)19(18)22/h4-10,16,20H,1-3H3. The lowest BCUT2D eigenvalue weighted by molar-refractivity contribution is -0.0497. The van der Waals surface area contributed by atoms with Gasteiger partial charge in [0.15, 0.2) is 0 Å². The van der Waals surface area contributed by atoms with Gasteiger partial charge >= 0.3 is 5.51 Å². The Morgan fingerprint density at radius 2 is 1.87 bits per heavy atom. The molecule has 0 radical (unpaired) electrons. The van der Waals surface area contributed by atoms with Gasteiger partial charge in [-0.3, -0.25) is 4.18 Å². The molecular formula is C21H18ClF3O4S. The van der Waals surface area contributed by atoms with E-state index in [0.29, 0.717) is 33.3 Å². The van der Waals surface area contributed by atoms with E-state index >= 15 is 0 Å². The van der Waals surface area contributed by atoms with Gasteiger partial charge in [0.2, 0.25) is 0 Å². The van der Waals surface area contributed by atoms with Gasteiger partial charge in [0.25, 0.3) is 11.1 Å². The Morgan fingerprint density at radius 1 is 1.13 bits per heavy atom. The lowest BCUT2D eigenvalue weighted by atomic mass is 9.77. The zero-order valence-electron chi connectivity index (χ0n) is 16.2. The van der Waals surface area contributed by atoms with Gasteiger partial charge in [-0.05, 0) is 46.6 Å². The fraction of sp³-hybridized carbons (Fsp3) is 0.333. The van der Waals surface area contributed by atoms with E-state index in [1.807, 2.05) is 19.1 Å². The smallest absolute Gasteiger partial charge is 0.497 e. The van der Waals surface area contributed by atoms with E-state index in [2.05, 4.69) is 0 Å². The minimum atomic E-state index is -5.00. The van der Waals surface area contributed by atoms with Crippen LogP contribution in [0.3, 0.4) is 0 Å². The molecular weight excluding hydrogens is 441 g/mol. The van der Waals surface area contributed by atoms with Crippen LogP contribution in [0.2, 0.25) is 0 Å². The predicted molar refractivity (Wildman–Crippen MR) is 108 cm³/mol. The van der Waals surface area contributed by atoms with Crippen LogP contribution < -0.4 is 4.74 Å². The normalized spacial score (nSPS) is 26.1. The fourth-order valence-electron chi connectivity index (χ4n) is 4.24. The molecule has 30 heavy (non-hydrogen) atoms. The van der Waals surface area contributed by atoms with Gasteiger partial charge < -0.3 is 9.47 Å². The zero-order valence-corrected chi connectivity index (χ0v) is 17.8. The van der Waals surface area contributed by atoms with Crippen LogP contribution in [-0.4, -0.2) is 30.0 Å². The summed E-state index contributed by atoms with van der Waals surface area (Å²) in [6.45, 7) is 1.86. The van der Waals surface area contributed by atoms with E-state index in [1.165, 1.54) is 7.11 Å². The Labute approximate surface area is 179 Å². The molecule has 0 saturated heterocycles. The van der Waals surface area contributed by atoms with E-state index in [0.717, 1.165) is 11.1 Å². The van der Waals surface area contributed by atoms with E-state index in [1.54, 1.807) is 31.4 Å². The molecule has 3 aliphatic carbocycles. The van der Waals surface area contributed by atoms with Crippen LogP contribution in [0.5, 0.6) is 5.75 Å². The quantitative estimate of drug-likeness (QED) is 0.609. The highest BCUT2D eigenvalue weighted by molar-refractivity contribution is 7.81. The SMILES string of the molecule is COC1=CC2C(=C(Cl)C3=C(C(C)c4cc(OC)ccc43)C2OS(=O)C(F)(F)F)C=C1. The van der Waals surface area contributed by atoms with Crippen molar-refractivity contribution in [2.75, 3.05) is 14.2 Å². The monoisotopic (exact) mass is 458 g/mol. The number of hydrogen-bond acceptors (Lipinski definition) is 4. The molecule has 9 heteroatoms. The minimum Gasteiger partial charge on any atom is -0.497 e. The number of halogens is 4. The molecule has 0 fully saturated rings. The van der Waals surface area contributed by atoms with Crippen molar-refractivity contribution in [2.45, 2.75) is 24.5 Å². The summed E-state index contributed by atoms with van der Waals surface area (Å²) in [4.78, 5) is 0. The van der Waals surface area contributed by atoms with Crippen LogP contribution in [0.25, 0.3) is 5.57 Å². The lowest BCUT2D eigenvalue weighted by Gasteiger charge is -2.35. The second kappa shape index (κ2) is 7.59. The first kappa shape index (κ1) is 21.2. The van der Waals surface area contributed by atoms with E-state index in [9.17, 15) is 17.4 Å². The summed E-state index contributed by atoms with van der Waals surface area (Å²) in [7, 11) is 3.00. The van der Waals surface area contributed by atoms with Gasteiger partial charge in [0, 0.05) is 17.4 Å². The Bertz CT molecular complexity index is 1050. The van der Waals surface area contributed by atoms with Crippen molar-refractivity contribution in [1.82, 2.24) is 0 Å². The summed E-state index contributed by atoms with van der Waals surface area (Å²) in [6, 6.07) is 5.43. The molecule has 160 valence electrons. The Morgan fingerprint density at radius 3 is 2.50 bits per heavy atom. The van der Waals surface area contributed by atoms with E-state index in [4.69, 9.17) is 25.3 Å². The van der Waals surface area contributed by atoms with Gasteiger partial charge in [-0.1, -0.05) is 30.7 Å². The molecule has 1 aromatic rings. The maximum atomic E-state index is 13.1. The Kier molecular flexibility index (Phi) is 5.36. The van der Waals surface area contributed by atoms with Gasteiger partial charge in [-0.25, -0.2) is 4.21 Å². The number of alkyl halides is 3. The Balaban J connectivity index is 1.89. The van der Waals surface area contributed by atoms with Crippen molar-refractivity contribution in [3.8, 4) is 5.75 Å². The maximum Gasteiger partial charge on any atom is 0.497 e. The van der Waals surface area contributed by atoms with Crippen molar-refractivity contribution >= 4 is 28.3 Å². The number of methoxy groups -OCH3 is 2. The third-order valence-corrected chi connectivity index (χ3v) is 6.77. The number of benzene rings is 1. The molecule has 1 aromatic carbocycles. The van der Waals surface area contributed by atoms with Crippen LogP contribution in [-0.2, 0) is 20.0 Å². The summed E-state index contributed by atoms with van der Waals surface area (Å²) in [5.41, 5.74) is -1.55. The lowest BCUT2D eigenvalue weighted by Crippen LogP contribution is -2.35.